The fourth-order valence-electron chi connectivity index (χ4n) is 6.82. The minimum atomic E-state index is -0.206. The van der Waals surface area contributed by atoms with Crippen LogP contribution in [0.5, 0.6) is 28.7 Å². The molecule has 0 spiro atoms. The molecule has 0 saturated carbocycles. The second-order valence-corrected chi connectivity index (χ2v) is 13.4. The Bertz CT molecular complexity index is 2190. The molecule has 0 saturated heterocycles. The number of nitrogens with zero attached hydrogens (tertiary/aromatic N) is 4. The molecule has 2 unspecified atom stereocenters. The second-order valence-electron chi connectivity index (χ2n) is 13.4. The molecule has 55 heavy (non-hydrogen) atoms. The van der Waals surface area contributed by atoms with E-state index >= 15 is 0 Å². The summed E-state index contributed by atoms with van der Waals surface area (Å²) in [6, 6.07) is 22.2. The second kappa shape index (κ2) is 16.2. The van der Waals surface area contributed by atoms with E-state index in [0.717, 1.165) is 40.8 Å². The SMILES string of the molecule is COc1ccc(C2=CN3C(=O)c4cc(OC)c(OCCCOc5cc(/N=C\C6CC(c7ccc(N)cc7)=CN6C)c(C=O)cc5OC)cc4N=CC3C2)cc1. The summed E-state index contributed by atoms with van der Waals surface area (Å²) in [7, 11) is 6.70. The molecule has 0 aliphatic carbocycles. The highest BCUT2D eigenvalue weighted by Gasteiger charge is 2.33. The van der Waals surface area contributed by atoms with Crippen LogP contribution in [-0.2, 0) is 0 Å². The van der Waals surface area contributed by atoms with Gasteiger partial charge in [-0.3, -0.25) is 19.6 Å². The number of hydrogen-bond acceptors (Lipinski definition) is 11. The van der Waals surface area contributed by atoms with Crippen molar-refractivity contribution in [3.05, 3.63) is 107 Å². The number of benzene rings is 4. The molecule has 0 fully saturated rings. The Morgan fingerprint density at radius 2 is 1.47 bits per heavy atom. The highest BCUT2D eigenvalue weighted by molar-refractivity contribution is 6.05. The molecule has 7 rings (SSSR count). The van der Waals surface area contributed by atoms with Gasteiger partial charge >= 0.3 is 0 Å². The van der Waals surface area contributed by atoms with Crippen molar-refractivity contribution in [2.24, 2.45) is 9.98 Å². The lowest BCUT2D eigenvalue weighted by Gasteiger charge is -2.19. The highest BCUT2D eigenvalue weighted by atomic mass is 16.5. The van der Waals surface area contributed by atoms with Gasteiger partial charge in [-0.25, -0.2) is 0 Å². The van der Waals surface area contributed by atoms with Crippen molar-refractivity contribution in [1.29, 1.82) is 0 Å². The van der Waals surface area contributed by atoms with Crippen LogP contribution < -0.4 is 29.4 Å². The van der Waals surface area contributed by atoms with Crippen LogP contribution in [0.4, 0.5) is 17.1 Å². The number of aliphatic imine (C=N–C) groups is 2. The molecule has 3 aliphatic heterocycles. The van der Waals surface area contributed by atoms with E-state index in [4.69, 9.17) is 39.4 Å². The number of carbonyl (C=O) groups excluding carboxylic acids is 2. The summed E-state index contributed by atoms with van der Waals surface area (Å²) in [5, 5.41) is 0. The van der Waals surface area contributed by atoms with Gasteiger partial charge in [0.2, 0.25) is 0 Å². The molecule has 2 N–H and O–H groups in total. The Morgan fingerprint density at radius 3 is 2.15 bits per heavy atom. The molecule has 3 heterocycles. The summed E-state index contributed by atoms with van der Waals surface area (Å²) in [6.45, 7) is 0.593. The van der Waals surface area contributed by atoms with E-state index in [2.05, 4.69) is 11.1 Å². The molecule has 1 amide bonds. The standard InChI is InChI=1S/C43H43N5O7/c1-47-24-29(27-6-10-32(44)11-7-27)16-33(47)22-45-37-20-41(39(52-3)18-31(37)26-49)54-14-5-15-55-42-21-38-36(19-40(42)53-4)43(50)48-25-30(17-34(48)23-46-38)28-8-12-35(51-2)13-9-28/h6-13,18-26,33-34H,5,14-17,44H2,1-4H3/b45-22-. The van der Waals surface area contributed by atoms with Gasteiger partial charge in [0.15, 0.2) is 29.3 Å². The number of fused-ring (bicyclic) bond motifs is 2. The summed E-state index contributed by atoms with van der Waals surface area (Å²) < 4.78 is 28.7. The molecule has 12 nitrogen and oxygen atoms in total. The molecule has 4 aromatic rings. The van der Waals surface area contributed by atoms with E-state index in [1.54, 1.807) is 36.3 Å². The van der Waals surface area contributed by atoms with Crippen LogP contribution in [0.25, 0.3) is 11.1 Å². The first-order valence-electron chi connectivity index (χ1n) is 18.0. The van der Waals surface area contributed by atoms with Crippen LogP contribution in [0.15, 0.2) is 95.2 Å². The van der Waals surface area contributed by atoms with Gasteiger partial charge in [0.05, 0.1) is 63.6 Å². The van der Waals surface area contributed by atoms with Crippen molar-refractivity contribution in [2.75, 3.05) is 47.3 Å². The molecular weight excluding hydrogens is 699 g/mol. The number of carbonyl (C=O) groups is 2. The third-order valence-corrected chi connectivity index (χ3v) is 9.90. The van der Waals surface area contributed by atoms with Crippen molar-refractivity contribution >= 4 is 52.8 Å². The Hall–Kier alpha value is -6.56. The van der Waals surface area contributed by atoms with E-state index < -0.39 is 0 Å². The topological polar surface area (TPSA) is 138 Å². The zero-order valence-electron chi connectivity index (χ0n) is 31.2. The number of nitrogen functional groups attached to an aromatic ring is 1. The molecule has 0 radical (unpaired) electrons. The van der Waals surface area contributed by atoms with Crippen LogP contribution >= 0.6 is 0 Å². The summed E-state index contributed by atoms with van der Waals surface area (Å²) in [6.07, 6.45) is 10.3. The lowest BCUT2D eigenvalue weighted by Crippen LogP contribution is -2.32. The number of methoxy groups -OCH3 is 3. The third kappa shape index (κ3) is 7.89. The fourth-order valence-corrected chi connectivity index (χ4v) is 6.82. The van der Waals surface area contributed by atoms with Gasteiger partial charge in [-0.2, -0.15) is 0 Å². The Morgan fingerprint density at radius 1 is 0.818 bits per heavy atom. The van der Waals surface area contributed by atoms with Gasteiger partial charge in [-0.1, -0.05) is 24.3 Å². The van der Waals surface area contributed by atoms with E-state index in [-0.39, 0.29) is 18.0 Å². The van der Waals surface area contributed by atoms with Gasteiger partial charge < -0.3 is 39.2 Å². The molecule has 2 atom stereocenters. The molecule has 282 valence electrons. The Balaban J connectivity index is 0.977. The van der Waals surface area contributed by atoms with Crippen molar-refractivity contribution in [3.63, 3.8) is 0 Å². The van der Waals surface area contributed by atoms with E-state index in [9.17, 15) is 9.59 Å². The third-order valence-electron chi connectivity index (χ3n) is 9.90. The number of rotatable bonds is 14. The van der Waals surface area contributed by atoms with Crippen LogP contribution in [-0.4, -0.2) is 88.1 Å². The van der Waals surface area contributed by atoms with Crippen LogP contribution in [0, 0.1) is 0 Å². The Labute approximate surface area is 320 Å². The van der Waals surface area contributed by atoms with Crippen molar-refractivity contribution in [2.45, 2.75) is 31.3 Å². The minimum absolute atomic E-state index is 0.0105. The maximum absolute atomic E-state index is 13.7. The number of aldehydes is 1. The van der Waals surface area contributed by atoms with E-state index in [1.807, 2.05) is 74.2 Å². The number of anilines is 1. The molecular formula is C43H43N5O7. The lowest BCUT2D eigenvalue weighted by atomic mass is 10.0. The van der Waals surface area contributed by atoms with Gasteiger partial charge in [0.25, 0.3) is 5.91 Å². The molecule has 0 bridgehead atoms. The van der Waals surface area contributed by atoms with Gasteiger partial charge in [-0.15, -0.1) is 0 Å². The molecule has 12 heteroatoms. The smallest absolute Gasteiger partial charge is 0.260 e. The minimum Gasteiger partial charge on any atom is -0.497 e. The zero-order chi connectivity index (χ0) is 38.5. The fraction of sp³-hybridized carbons (Fsp3) is 0.256. The number of hydrogen-bond donors (Lipinski definition) is 1. The predicted molar refractivity (Wildman–Crippen MR) is 214 cm³/mol. The molecule has 4 aromatic carbocycles. The highest BCUT2D eigenvalue weighted by Crippen LogP contribution is 2.40. The normalized spacial score (nSPS) is 17.3. The molecule has 3 aliphatic rings. The monoisotopic (exact) mass is 741 g/mol. The predicted octanol–water partition coefficient (Wildman–Crippen LogP) is 7.37. The molecule has 0 aromatic heterocycles. The largest absolute Gasteiger partial charge is 0.497 e. The maximum Gasteiger partial charge on any atom is 0.260 e. The maximum atomic E-state index is 13.7. The summed E-state index contributed by atoms with van der Waals surface area (Å²) in [5.74, 6) is 2.40. The van der Waals surface area contributed by atoms with Gasteiger partial charge in [-0.05, 0) is 65.1 Å². The summed E-state index contributed by atoms with van der Waals surface area (Å²) >= 11 is 0. The van der Waals surface area contributed by atoms with Crippen LogP contribution in [0.2, 0.25) is 0 Å². The van der Waals surface area contributed by atoms with Gasteiger partial charge in [0.1, 0.15) is 5.75 Å². The van der Waals surface area contributed by atoms with Crippen molar-refractivity contribution in [3.8, 4) is 28.7 Å². The summed E-state index contributed by atoms with van der Waals surface area (Å²) in [5.41, 5.74) is 12.8. The average Bonchev–Trinajstić information content (AvgIpc) is 3.79. The number of nitrogens with two attached hydrogens (primary N) is 1. The van der Waals surface area contributed by atoms with E-state index in [1.165, 1.54) is 19.8 Å². The number of amides is 1. The zero-order valence-corrected chi connectivity index (χ0v) is 31.2. The van der Waals surface area contributed by atoms with Gasteiger partial charge in [0, 0.05) is 68.1 Å². The number of ether oxygens (including phenoxy) is 5. The first-order chi connectivity index (χ1) is 26.8. The first-order valence-corrected chi connectivity index (χ1v) is 18.0. The summed E-state index contributed by atoms with van der Waals surface area (Å²) in [4.78, 5) is 39.0. The Kier molecular flexibility index (Phi) is 10.8. The quantitative estimate of drug-likeness (QED) is 0.0608. The first kappa shape index (κ1) is 36.8. The van der Waals surface area contributed by atoms with Crippen molar-refractivity contribution < 1.29 is 33.3 Å². The van der Waals surface area contributed by atoms with Crippen molar-refractivity contribution in [1.82, 2.24) is 9.80 Å². The lowest BCUT2D eigenvalue weighted by molar-refractivity contribution is 0.0817. The van der Waals surface area contributed by atoms with Crippen LogP contribution in [0.1, 0.15) is 51.1 Å². The van der Waals surface area contributed by atoms with E-state index in [0.29, 0.717) is 71.6 Å². The average molecular weight is 742 g/mol. The van der Waals surface area contributed by atoms with Crippen LogP contribution in [0.3, 0.4) is 0 Å².